The molecule has 0 bridgehead atoms. The average Bonchev–Trinajstić information content (AvgIpc) is 1.61. The van der Waals surface area contributed by atoms with Crippen LogP contribution in [0.15, 0.2) is 0 Å². The van der Waals surface area contributed by atoms with Gasteiger partial charge in [-0.15, -0.1) is 0 Å². The Morgan fingerprint density at radius 1 is 1.40 bits per heavy atom. The Morgan fingerprint density at radius 2 is 1.80 bits per heavy atom. The number of rotatable bonds is 2. The van der Waals surface area contributed by atoms with E-state index in [0.29, 0.717) is 0 Å². The monoisotopic (exact) mass is 292 g/mol. The van der Waals surface area contributed by atoms with E-state index in [1.54, 1.807) is 0 Å². The maximum Gasteiger partial charge on any atom is 0.526 e. The zero-order valence-corrected chi connectivity index (χ0v) is 7.03. The van der Waals surface area contributed by atoms with Crippen LogP contribution >= 0.6 is 0 Å². The van der Waals surface area contributed by atoms with Crippen LogP contribution in [0.2, 0.25) is 0 Å². The smallest absolute Gasteiger partial charge is 0.526 e. The van der Waals surface area contributed by atoms with Crippen LogP contribution in [0, 0.1) is 0 Å². The molecule has 0 atom stereocenters. The molecule has 0 N–H and O–H groups in total. The minimum Gasteiger partial charge on any atom is -0.566 e. The van der Waals surface area contributed by atoms with E-state index < -0.39 is 37.7 Å². The molecular formula is CF3IO4S. The van der Waals surface area contributed by atoms with Gasteiger partial charge in [-0.1, -0.05) is 0 Å². The minimum absolute atomic E-state index is 2.61. The molecule has 0 aromatic heterocycles. The van der Waals surface area contributed by atoms with Crippen molar-refractivity contribution in [2.75, 3.05) is 0 Å². The van der Waals surface area contributed by atoms with Gasteiger partial charge in [0.05, 0.1) is 0 Å². The molecule has 0 rings (SSSR count). The normalized spacial score (nSPS) is 13.6. The van der Waals surface area contributed by atoms with Crippen molar-refractivity contribution in [1.29, 1.82) is 0 Å². The van der Waals surface area contributed by atoms with Crippen LogP contribution in [-0.4, -0.2) is 13.9 Å². The zero-order chi connectivity index (χ0) is 8.41. The Morgan fingerprint density at radius 3 is 1.90 bits per heavy atom. The lowest BCUT2D eigenvalue weighted by molar-refractivity contribution is -1.25. The lowest BCUT2D eigenvalue weighted by Gasteiger charge is -1.99. The Kier molecular flexibility index (Phi) is 3.32. The molecule has 0 aliphatic heterocycles. The molecule has 0 aliphatic carbocycles. The third-order valence-electron chi connectivity index (χ3n) is 0.392. The second-order valence-electron chi connectivity index (χ2n) is 1.03. The summed E-state index contributed by atoms with van der Waals surface area (Å²) in [4.78, 5) is 0. The molecule has 62 valence electrons. The third kappa shape index (κ3) is 2.56. The lowest BCUT2D eigenvalue weighted by Crippen LogP contribution is -3.70. The number of halogens is 4. The van der Waals surface area contributed by atoms with Gasteiger partial charge in [0.2, 0.25) is 0 Å². The summed E-state index contributed by atoms with van der Waals surface area (Å²) in [5.74, 6) is 0. The van der Waals surface area contributed by atoms with Crippen molar-refractivity contribution in [2.24, 2.45) is 0 Å². The van der Waals surface area contributed by atoms with Crippen LogP contribution in [0.5, 0.6) is 0 Å². The van der Waals surface area contributed by atoms with Crippen molar-refractivity contribution >= 4 is 10.1 Å². The molecule has 0 amide bonds. The fourth-order valence-corrected chi connectivity index (χ4v) is 1.40. The van der Waals surface area contributed by atoms with Gasteiger partial charge in [0.15, 0.2) is 0 Å². The Labute approximate surface area is 65.5 Å². The summed E-state index contributed by atoms with van der Waals surface area (Å²) >= 11 is -2.61. The van der Waals surface area contributed by atoms with Crippen LogP contribution in [0.4, 0.5) is 13.2 Å². The highest BCUT2D eigenvalue weighted by molar-refractivity contribution is 7.87. The molecule has 0 heterocycles. The summed E-state index contributed by atoms with van der Waals surface area (Å²) in [6.45, 7) is 0. The quantitative estimate of drug-likeness (QED) is 0.386. The summed E-state index contributed by atoms with van der Waals surface area (Å²) in [6, 6.07) is 0. The van der Waals surface area contributed by atoms with E-state index in [-0.39, 0.29) is 0 Å². The van der Waals surface area contributed by atoms with E-state index in [1.807, 2.05) is 0 Å². The fraction of sp³-hybridized carbons (Fsp3) is 1.00. The number of hydrogen-bond acceptors (Lipinski definition) is 4. The van der Waals surface area contributed by atoms with Crippen molar-refractivity contribution in [3.8, 4) is 0 Å². The first kappa shape index (κ1) is 10.4. The van der Waals surface area contributed by atoms with E-state index in [9.17, 15) is 25.0 Å². The van der Waals surface area contributed by atoms with Crippen molar-refractivity contribution < 1.29 is 49.6 Å². The van der Waals surface area contributed by atoms with Crippen molar-refractivity contribution in [3.63, 3.8) is 0 Å². The Balaban J connectivity index is 4.44. The van der Waals surface area contributed by atoms with Gasteiger partial charge in [-0.2, -0.15) is 21.6 Å². The SMILES string of the molecule is O=S(=O)(O[I+][O-])C(F)(F)F. The topological polar surface area (TPSA) is 66.4 Å². The molecule has 9 heteroatoms. The summed E-state index contributed by atoms with van der Waals surface area (Å²) in [5.41, 5.74) is -5.48. The predicted molar refractivity (Wildman–Crippen MR) is 16.1 cm³/mol. The van der Waals surface area contributed by atoms with E-state index in [0.717, 1.165) is 0 Å². The van der Waals surface area contributed by atoms with Gasteiger partial charge in [0.25, 0.3) is 0 Å². The Bertz CT molecular complexity index is 193. The standard InChI is InChI=1S/CF3IO4S/c2-1(3,4)10(7,8)9-5-6. The van der Waals surface area contributed by atoms with Gasteiger partial charge >= 0.3 is 37.7 Å². The highest BCUT2D eigenvalue weighted by Gasteiger charge is 2.50. The minimum atomic E-state index is -5.61. The van der Waals surface area contributed by atoms with Gasteiger partial charge in [-0.3, -0.25) is 0 Å². The highest BCUT2D eigenvalue weighted by Crippen LogP contribution is 2.22. The number of alkyl halides is 3. The van der Waals surface area contributed by atoms with Crippen LogP contribution in [0.25, 0.3) is 0 Å². The van der Waals surface area contributed by atoms with Gasteiger partial charge in [-0.25, -0.2) is 0 Å². The first-order valence-electron chi connectivity index (χ1n) is 1.58. The second kappa shape index (κ2) is 3.19. The molecule has 10 heavy (non-hydrogen) atoms. The summed E-state index contributed by atoms with van der Waals surface area (Å²) < 4.78 is 65.4. The summed E-state index contributed by atoms with van der Waals surface area (Å²) in [5, 5.41) is 0. The predicted octanol–water partition coefficient (Wildman–Crippen LogP) is -3.87. The third-order valence-corrected chi connectivity index (χ3v) is 3.04. The molecule has 0 saturated carbocycles. The van der Waals surface area contributed by atoms with Crippen LogP contribution in [-0.2, 0) is 12.6 Å². The molecular weight excluding hydrogens is 292 g/mol. The maximum absolute atomic E-state index is 11.2. The lowest BCUT2D eigenvalue weighted by atomic mass is 11.6. The van der Waals surface area contributed by atoms with E-state index >= 15 is 0 Å². The summed E-state index contributed by atoms with van der Waals surface area (Å²) in [7, 11) is -5.61. The summed E-state index contributed by atoms with van der Waals surface area (Å²) in [6.07, 6.45) is 0. The van der Waals surface area contributed by atoms with Crippen molar-refractivity contribution in [2.45, 2.75) is 5.51 Å². The van der Waals surface area contributed by atoms with E-state index in [4.69, 9.17) is 0 Å². The largest absolute Gasteiger partial charge is 0.566 e. The first-order chi connectivity index (χ1) is 4.31. The molecule has 0 saturated heterocycles. The van der Waals surface area contributed by atoms with Gasteiger partial charge < -0.3 is 3.44 Å². The molecule has 0 radical (unpaired) electrons. The number of hydrogen-bond donors (Lipinski definition) is 0. The van der Waals surface area contributed by atoms with Crippen molar-refractivity contribution in [1.82, 2.24) is 0 Å². The van der Waals surface area contributed by atoms with E-state index in [1.165, 1.54) is 0 Å². The molecule has 0 aromatic carbocycles. The van der Waals surface area contributed by atoms with Crippen LogP contribution in [0.3, 0.4) is 0 Å². The maximum atomic E-state index is 11.2. The van der Waals surface area contributed by atoms with Gasteiger partial charge in [0.1, 0.15) is 0 Å². The average molecular weight is 292 g/mol. The van der Waals surface area contributed by atoms with E-state index in [2.05, 4.69) is 2.51 Å². The molecule has 0 aliphatic rings. The van der Waals surface area contributed by atoms with Gasteiger partial charge in [-0.05, 0) is 2.51 Å². The van der Waals surface area contributed by atoms with Crippen LogP contribution < -0.4 is 25.5 Å². The second-order valence-corrected chi connectivity index (χ2v) is 3.96. The van der Waals surface area contributed by atoms with Crippen molar-refractivity contribution in [3.05, 3.63) is 0 Å². The zero-order valence-electron chi connectivity index (χ0n) is 4.05. The van der Waals surface area contributed by atoms with Gasteiger partial charge in [0, 0.05) is 0 Å². The first-order valence-corrected chi connectivity index (χ1v) is 4.75. The molecule has 0 fully saturated rings. The molecule has 4 nitrogen and oxygen atoms in total. The Hall–Kier alpha value is 0.390. The fourth-order valence-electron chi connectivity index (χ4n) is 0.0696. The molecule has 0 unspecified atom stereocenters. The molecule has 0 aromatic rings. The highest BCUT2D eigenvalue weighted by atomic mass is 127. The molecule has 0 spiro atoms. The van der Waals surface area contributed by atoms with Crippen LogP contribution in [0.1, 0.15) is 0 Å².